The van der Waals surface area contributed by atoms with Gasteiger partial charge in [-0.05, 0) is 52.8 Å². The molecule has 0 aliphatic rings. The first-order chi connectivity index (χ1) is 10.0. The quantitative estimate of drug-likeness (QED) is 0.736. The van der Waals surface area contributed by atoms with Crippen molar-refractivity contribution in [2.45, 2.75) is 11.3 Å². The summed E-state index contributed by atoms with van der Waals surface area (Å²) >= 11 is 2.06. The molecule has 2 aromatic rings. The monoisotopic (exact) mass is 417 g/mol. The Hall–Kier alpha value is -1.12. The van der Waals surface area contributed by atoms with Gasteiger partial charge in [0.15, 0.2) is 0 Å². The number of nitrogens with one attached hydrogen (secondary N) is 1. The minimum atomic E-state index is -3.49. The SMILES string of the molecule is COc1ccc(S(=O)(=O)NCCc2ccccc2)cc1I. The zero-order chi connectivity index (χ0) is 15.3. The number of sulfonamides is 1. The lowest BCUT2D eigenvalue weighted by molar-refractivity contribution is 0.411. The van der Waals surface area contributed by atoms with E-state index in [4.69, 9.17) is 4.74 Å². The predicted octanol–water partition coefficient (Wildman–Crippen LogP) is 2.82. The third-order valence-corrected chi connectivity index (χ3v) is 5.28. The molecule has 0 radical (unpaired) electrons. The Bertz CT molecular complexity index is 702. The van der Waals surface area contributed by atoms with Crippen molar-refractivity contribution >= 4 is 32.6 Å². The second-order valence-electron chi connectivity index (χ2n) is 4.43. The summed E-state index contributed by atoms with van der Waals surface area (Å²) in [6.45, 7) is 0.370. The number of halogens is 1. The Balaban J connectivity index is 2.03. The number of hydrogen-bond acceptors (Lipinski definition) is 3. The normalized spacial score (nSPS) is 11.3. The van der Waals surface area contributed by atoms with Crippen LogP contribution in [0.5, 0.6) is 5.75 Å². The van der Waals surface area contributed by atoms with Gasteiger partial charge in [0.1, 0.15) is 5.75 Å². The van der Waals surface area contributed by atoms with Gasteiger partial charge >= 0.3 is 0 Å². The van der Waals surface area contributed by atoms with Gasteiger partial charge in [0.25, 0.3) is 0 Å². The first-order valence-corrected chi connectivity index (χ1v) is 8.96. The molecule has 112 valence electrons. The molecular formula is C15H16INO3S. The van der Waals surface area contributed by atoms with Crippen LogP contribution < -0.4 is 9.46 Å². The van der Waals surface area contributed by atoms with E-state index in [1.807, 2.05) is 30.3 Å². The molecule has 4 nitrogen and oxygen atoms in total. The molecule has 2 aromatic carbocycles. The highest BCUT2D eigenvalue weighted by Crippen LogP contribution is 2.23. The maximum absolute atomic E-state index is 12.2. The predicted molar refractivity (Wildman–Crippen MR) is 91.0 cm³/mol. The molecule has 0 aromatic heterocycles. The smallest absolute Gasteiger partial charge is 0.240 e. The highest BCUT2D eigenvalue weighted by molar-refractivity contribution is 14.1. The van der Waals surface area contributed by atoms with Gasteiger partial charge in [-0.3, -0.25) is 0 Å². The van der Waals surface area contributed by atoms with E-state index in [0.717, 1.165) is 9.13 Å². The maximum atomic E-state index is 12.2. The summed E-state index contributed by atoms with van der Waals surface area (Å²) in [7, 11) is -1.93. The molecule has 0 amide bonds. The summed E-state index contributed by atoms with van der Waals surface area (Å²) < 4.78 is 32.9. The van der Waals surface area contributed by atoms with Gasteiger partial charge in [-0.25, -0.2) is 13.1 Å². The molecule has 0 saturated carbocycles. The van der Waals surface area contributed by atoms with Crippen LogP contribution >= 0.6 is 22.6 Å². The summed E-state index contributed by atoms with van der Waals surface area (Å²) in [5, 5.41) is 0. The first kappa shape index (κ1) is 16.3. The van der Waals surface area contributed by atoms with Gasteiger partial charge in [-0.15, -0.1) is 0 Å². The number of benzene rings is 2. The van der Waals surface area contributed by atoms with Crippen LogP contribution in [0.15, 0.2) is 53.4 Å². The van der Waals surface area contributed by atoms with Crippen molar-refractivity contribution in [3.63, 3.8) is 0 Å². The summed E-state index contributed by atoms with van der Waals surface area (Å²) in [6, 6.07) is 14.6. The Labute approximate surface area is 138 Å². The fourth-order valence-corrected chi connectivity index (χ4v) is 3.88. The molecule has 0 bridgehead atoms. The minimum absolute atomic E-state index is 0.251. The fraction of sp³-hybridized carbons (Fsp3) is 0.200. The molecule has 0 heterocycles. The van der Waals surface area contributed by atoms with E-state index in [-0.39, 0.29) is 4.90 Å². The lowest BCUT2D eigenvalue weighted by atomic mass is 10.2. The zero-order valence-corrected chi connectivity index (χ0v) is 14.5. The van der Waals surface area contributed by atoms with Gasteiger partial charge in [0, 0.05) is 6.54 Å². The van der Waals surface area contributed by atoms with E-state index in [1.54, 1.807) is 25.3 Å². The molecule has 0 aliphatic heterocycles. The van der Waals surface area contributed by atoms with Crippen LogP contribution in [0.4, 0.5) is 0 Å². The topological polar surface area (TPSA) is 55.4 Å². The molecule has 0 saturated heterocycles. The van der Waals surface area contributed by atoms with Crippen molar-refractivity contribution in [2.24, 2.45) is 0 Å². The molecule has 6 heteroatoms. The molecule has 1 N–H and O–H groups in total. The molecule has 21 heavy (non-hydrogen) atoms. The Morgan fingerprint density at radius 2 is 1.86 bits per heavy atom. The highest BCUT2D eigenvalue weighted by Gasteiger charge is 2.15. The number of ether oxygens (including phenoxy) is 1. The van der Waals surface area contributed by atoms with Crippen LogP contribution in [0, 0.1) is 3.57 Å². The van der Waals surface area contributed by atoms with E-state index in [0.29, 0.717) is 18.7 Å². The molecule has 2 rings (SSSR count). The Morgan fingerprint density at radius 1 is 1.14 bits per heavy atom. The van der Waals surface area contributed by atoms with Crippen LogP contribution in [-0.4, -0.2) is 22.1 Å². The molecule has 0 unspecified atom stereocenters. The zero-order valence-electron chi connectivity index (χ0n) is 11.5. The van der Waals surface area contributed by atoms with Gasteiger partial charge in [0.2, 0.25) is 10.0 Å². The molecule has 0 aliphatic carbocycles. The highest BCUT2D eigenvalue weighted by atomic mass is 127. The second kappa shape index (κ2) is 7.24. The summed E-state index contributed by atoms with van der Waals surface area (Å²) in [4.78, 5) is 0.251. The van der Waals surface area contributed by atoms with Gasteiger partial charge in [-0.2, -0.15) is 0 Å². The number of methoxy groups -OCH3 is 1. The standard InChI is InChI=1S/C15H16INO3S/c1-20-15-8-7-13(11-14(15)16)21(18,19)17-10-9-12-5-3-2-4-6-12/h2-8,11,17H,9-10H2,1H3. The van der Waals surface area contributed by atoms with Gasteiger partial charge in [0.05, 0.1) is 15.6 Å². The van der Waals surface area contributed by atoms with E-state index in [1.165, 1.54) is 0 Å². The van der Waals surface area contributed by atoms with Crippen LogP contribution in [0.1, 0.15) is 5.56 Å². The largest absolute Gasteiger partial charge is 0.496 e. The fourth-order valence-electron chi connectivity index (χ4n) is 1.87. The van der Waals surface area contributed by atoms with Crippen LogP contribution in [-0.2, 0) is 16.4 Å². The van der Waals surface area contributed by atoms with Crippen molar-refractivity contribution in [3.8, 4) is 5.75 Å². The lowest BCUT2D eigenvalue weighted by Gasteiger charge is -2.09. The maximum Gasteiger partial charge on any atom is 0.240 e. The summed E-state index contributed by atoms with van der Waals surface area (Å²) in [5.74, 6) is 0.666. The number of hydrogen-bond donors (Lipinski definition) is 1. The molecule has 0 atom stereocenters. The van der Waals surface area contributed by atoms with Gasteiger partial charge in [-0.1, -0.05) is 30.3 Å². The number of rotatable bonds is 6. The van der Waals surface area contributed by atoms with Crippen molar-refractivity contribution in [3.05, 3.63) is 57.7 Å². The Morgan fingerprint density at radius 3 is 2.48 bits per heavy atom. The van der Waals surface area contributed by atoms with Crippen molar-refractivity contribution in [2.75, 3.05) is 13.7 Å². The third kappa shape index (κ3) is 4.42. The van der Waals surface area contributed by atoms with E-state index >= 15 is 0 Å². The van der Waals surface area contributed by atoms with Crippen LogP contribution in [0.25, 0.3) is 0 Å². The van der Waals surface area contributed by atoms with E-state index in [2.05, 4.69) is 27.3 Å². The van der Waals surface area contributed by atoms with Crippen molar-refractivity contribution < 1.29 is 13.2 Å². The van der Waals surface area contributed by atoms with E-state index < -0.39 is 10.0 Å². The minimum Gasteiger partial charge on any atom is -0.496 e. The average Bonchev–Trinajstić information content (AvgIpc) is 2.48. The average molecular weight is 417 g/mol. The third-order valence-electron chi connectivity index (χ3n) is 2.98. The second-order valence-corrected chi connectivity index (χ2v) is 7.36. The summed E-state index contributed by atoms with van der Waals surface area (Å²) in [5.41, 5.74) is 1.10. The first-order valence-electron chi connectivity index (χ1n) is 6.40. The molecule has 0 fully saturated rings. The van der Waals surface area contributed by atoms with E-state index in [9.17, 15) is 8.42 Å². The van der Waals surface area contributed by atoms with Gasteiger partial charge < -0.3 is 4.74 Å². The molecular weight excluding hydrogens is 401 g/mol. The van der Waals surface area contributed by atoms with Crippen molar-refractivity contribution in [1.29, 1.82) is 0 Å². The summed E-state index contributed by atoms with van der Waals surface area (Å²) in [6.07, 6.45) is 0.660. The van der Waals surface area contributed by atoms with Crippen LogP contribution in [0.3, 0.4) is 0 Å². The molecule has 0 spiro atoms. The van der Waals surface area contributed by atoms with Crippen LogP contribution in [0.2, 0.25) is 0 Å². The lowest BCUT2D eigenvalue weighted by Crippen LogP contribution is -2.26. The van der Waals surface area contributed by atoms with Crippen molar-refractivity contribution in [1.82, 2.24) is 4.72 Å². The Kier molecular flexibility index (Phi) is 5.60.